The second-order valence-corrected chi connectivity index (χ2v) is 3.94. The third-order valence-electron chi connectivity index (χ3n) is 2.68. The molecule has 1 aromatic heterocycles. The molecule has 1 unspecified atom stereocenters. The van der Waals surface area contributed by atoms with E-state index >= 15 is 0 Å². The van der Waals surface area contributed by atoms with Crippen molar-refractivity contribution in [1.29, 1.82) is 0 Å². The van der Waals surface area contributed by atoms with Gasteiger partial charge in [-0.2, -0.15) is 0 Å². The number of hydrogen-bond donors (Lipinski definition) is 3. The minimum absolute atomic E-state index is 0.0605. The lowest BCUT2D eigenvalue weighted by Crippen LogP contribution is -2.23. The van der Waals surface area contributed by atoms with Crippen LogP contribution in [0.2, 0.25) is 0 Å². The molecule has 0 aliphatic rings. The highest BCUT2D eigenvalue weighted by Crippen LogP contribution is 2.22. The standard InChI is InChI=1S/C13H13N3O4/c1-20-10-11(14-7-15-12(10)17)16-9(13(18)19)8-5-3-2-4-6-8/h2-7,9H,1H3,(H,18,19)(H2,14,15,16,17). The fraction of sp³-hybridized carbons (Fsp3) is 0.154. The summed E-state index contributed by atoms with van der Waals surface area (Å²) >= 11 is 0. The third kappa shape index (κ3) is 2.77. The number of ether oxygens (including phenoxy) is 1. The average Bonchev–Trinajstić information content (AvgIpc) is 2.45. The van der Waals surface area contributed by atoms with E-state index in [1.54, 1.807) is 30.3 Å². The van der Waals surface area contributed by atoms with Gasteiger partial charge in [-0.15, -0.1) is 0 Å². The number of H-pyrrole nitrogens is 1. The van der Waals surface area contributed by atoms with Gasteiger partial charge in [-0.1, -0.05) is 30.3 Å². The van der Waals surface area contributed by atoms with Crippen LogP contribution < -0.4 is 15.6 Å². The second kappa shape index (κ2) is 5.87. The van der Waals surface area contributed by atoms with Gasteiger partial charge in [0.1, 0.15) is 0 Å². The molecule has 0 saturated carbocycles. The Morgan fingerprint density at radius 2 is 2.10 bits per heavy atom. The van der Waals surface area contributed by atoms with Crippen LogP contribution in [0.1, 0.15) is 11.6 Å². The number of methoxy groups -OCH3 is 1. The van der Waals surface area contributed by atoms with E-state index in [2.05, 4.69) is 15.3 Å². The van der Waals surface area contributed by atoms with Crippen LogP contribution in [0, 0.1) is 0 Å². The fourth-order valence-electron chi connectivity index (χ4n) is 1.75. The Hall–Kier alpha value is -2.83. The highest BCUT2D eigenvalue weighted by atomic mass is 16.5. The Balaban J connectivity index is 2.38. The van der Waals surface area contributed by atoms with Crippen LogP contribution in [0.25, 0.3) is 0 Å². The Labute approximate surface area is 114 Å². The van der Waals surface area contributed by atoms with E-state index in [0.717, 1.165) is 0 Å². The van der Waals surface area contributed by atoms with Gasteiger partial charge in [0.2, 0.25) is 5.75 Å². The summed E-state index contributed by atoms with van der Waals surface area (Å²) < 4.78 is 4.93. The molecular formula is C13H13N3O4. The summed E-state index contributed by atoms with van der Waals surface area (Å²) in [6.45, 7) is 0. The van der Waals surface area contributed by atoms with Crippen LogP contribution >= 0.6 is 0 Å². The SMILES string of the molecule is COc1c(NC(C(=O)O)c2ccccc2)nc[nH]c1=O. The molecule has 0 amide bonds. The quantitative estimate of drug-likeness (QED) is 0.752. The highest BCUT2D eigenvalue weighted by Gasteiger charge is 2.22. The molecule has 1 atom stereocenters. The number of aromatic nitrogens is 2. The molecule has 0 aliphatic heterocycles. The van der Waals surface area contributed by atoms with Gasteiger partial charge in [-0.25, -0.2) is 9.78 Å². The Kier molecular flexibility index (Phi) is 3.99. The number of anilines is 1. The van der Waals surface area contributed by atoms with Gasteiger partial charge in [-0.05, 0) is 5.56 Å². The van der Waals surface area contributed by atoms with Crippen LogP contribution in [0.5, 0.6) is 5.75 Å². The number of aromatic amines is 1. The molecule has 104 valence electrons. The molecule has 20 heavy (non-hydrogen) atoms. The van der Waals surface area contributed by atoms with Gasteiger partial charge in [0.25, 0.3) is 5.56 Å². The maximum absolute atomic E-state index is 11.6. The van der Waals surface area contributed by atoms with Crippen molar-refractivity contribution in [1.82, 2.24) is 9.97 Å². The molecule has 7 nitrogen and oxygen atoms in total. The lowest BCUT2D eigenvalue weighted by atomic mass is 10.1. The highest BCUT2D eigenvalue weighted by molar-refractivity contribution is 5.79. The number of nitrogens with zero attached hydrogens (tertiary/aromatic N) is 1. The van der Waals surface area contributed by atoms with Crippen LogP contribution in [-0.4, -0.2) is 28.2 Å². The van der Waals surface area contributed by atoms with Gasteiger partial charge in [0.05, 0.1) is 13.4 Å². The molecule has 0 saturated heterocycles. The van der Waals surface area contributed by atoms with Crippen molar-refractivity contribution >= 4 is 11.8 Å². The van der Waals surface area contributed by atoms with E-state index in [-0.39, 0.29) is 11.6 Å². The van der Waals surface area contributed by atoms with Crippen molar-refractivity contribution in [2.45, 2.75) is 6.04 Å². The molecule has 0 spiro atoms. The number of carbonyl (C=O) groups is 1. The first-order valence-electron chi connectivity index (χ1n) is 5.79. The van der Waals surface area contributed by atoms with Gasteiger partial charge < -0.3 is 20.1 Å². The van der Waals surface area contributed by atoms with E-state index in [1.165, 1.54) is 13.4 Å². The first-order chi connectivity index (χ1) is 9.63. The molecule has 1 aromatic carbocycles. The number of rotatable bonds is 5. The molecule has 1 heterocycles. The molecule has 2 aromatic rings. The van der Waals surface area contributed by atoms with Crippen molar-refractivity contribution in [3.63, 3.8) is 0 Å². The summed E-state index contributed by atoms with van der Waals surface area (Å²) in [5.74, 6) is -1.07. The fourth-order valence-corrected chi connectivity index (χ4v) is 1.75. The van der Waals surface area contributed by atoms with Gasteiger partial charge in [0, 0.05) is 0 Å². The lowest BCUT2D eigenvalue weighted by molar-refractivity contribution is -0.138. The smallest absolute Gasteiger partial charge is 0.330 e. The topological polar surface area (TPSA) is 104 Å². The molecule has 3 N–H and O–H groups in total. The van der Waals surface area contributed by atoms with Gasteiger partial charge in [-0.3, -0.25) is 4.79 Å². The molecule has 2 rings (SSSR count). The molecule has 0 aliphatic carbocycles. The molecular weight excluding hydrogens is 262 g/mol. The summed E-state index contributed by atoms with van der Waals surface area (Å²) in [7, 11) is 1.32. The molecule has 0 bridgehead atoms. The number of carboxylic acid groups (broad SMARTS) is 1. The number of carboxylic acids is 1. The summed E-state index contributed by atoms with van der Waals surface area (Å²) in [6.07, 6.45) is 1.18. The first kappa shape index (κ1) is 13.6. The largest absolute Gasteiger partial charge is 0.489 e. The zero-order chi connectivity index (χ0) is 14.5. The number of nitrogens with one attached hydrogen (secondary N) is 2. The van der Waals surface area contributed by atoms with Crippen LogP contribution in [-0.2, 0) is 4.79 Å². The van der Waals surface area contributed by atoms with Crippen molar-refractivity contribution < 1.29 is 14.6 Å². The summed E-state index contributed by atoms with van der Waals surface area (Å²) in [4.78, 5) is 29.2. The summed E-state index contributed by atoms with van der Waals surface area (Å²) in [5, 5.41) is 12.0. The van der Waals surface area contributed by atoms with Crippen molar-refractivity contribution in [2.24, 2.45) is 0 Å². The van der Waals surface area contributed by atoms with Crippen molar-refractivity contribution in [3.8, 4) is 5.75 Å². The number of hydrogen-bond acceptors (Lipinski definition) is 5. The predicted octanol–water partition coefficient (Wildman–Crippen LogP) is 1.02. The minimum Gasteiger partial charge on any atom is -0.489 e. The average molecular weight is 275 g/mol. The van der Waals surface area contributed by atoms with E-state index in [4.69, 9.17) is 4.74 Å². The van der Waals surface area contributed by atoms with E-state index in [0.29, 0.717) is 5.56 Å². The normalized spacial score (nSPS) is 11.7. The predicted molar refractivity (Wildman–Crippen MR) is 71.9 cm³/mol. The minimum atomic E-state index is -1.08. The lowest BCUT2D eigenvalue weighted by Gasteiger charge is -2.16. The van der Waals surface area contributed by atoms with E-state index in [1.807, 2.05) is 0 Å². The third-order valence-corrected chi connectivity index (χ3v) is 2.68. The van der Waals surface area contributed by atoms with Gasteiger partial charge in [0.15, 0.2) is 11.9 Å². The van der Waals surface area contributed by atoms with Crippen molar-refractivity contribution in [3.05, 3.63) is 52.6 Å². The first-order valence-corrected chi connectivity index (χ1v) is 5.79. The molecule has 0 radical (unpaired) electrons. The zero-order valence-electron chi connectivity index (χ0n) is 10.7. The second-order valence-electron chi connectivity index (χ2n) is 3.94. The Morgan fingerprint density at radius 1 is 1.40 bits per heavy atom. The summed E-state index contributed by atoms with van der Waals surface area (Å²) in [5.41, 5.74) is 0.0614. The number of benzene rings is 1. The zero-order valence-corrected chi connectivity index (χ0v) is 10.7. The molecule has 7 heteroatoms. The number of aliphatic carboxylic acids is 1. The van der Waals surface area contributed by atoms with E-state index in [9.17, 15) is 14.7 Å². The van der Waals surface area contributed by atoms with E-state index < -0.39 is 17.6 Å². The maximum atomic E-state index is 11.6. The van der Waals surface area contributed by atoms with Gasteiger partial charge >= 0.3 is 5.97 Å². The Morgan fingerprint density at radius 3 is 2.70 bits per heavy atom. The van der Waals surface area contributed by atoms with Crippen LogP contribution in [0.15, 0.2) is 41.5 Å². The van der Waals surface area contributed by atoms with Crippen LogP contribution in [0.3, 0.4) is 0 Å². The van der Waals surface area contributed by atoms with Crippen molar-refractivity contribution in [2.75, 3.05) is 12.4 Å². The monoisotopic (exact) mass is 275 g/mol. The summed E-state index contributed by atoms with van der Waals surface area (Å²) in [6, 6.07) is 7.57. The maximum Gasteiger partial charge on any atom is 0.330 e. The van der Waals surface area contributed by atoms with Crippen LogP contribution in [0.4, 0.5) is 5.82 Å². The molecule has 0 fully saturated rings. The Bertz CT molecular complexity index is 654.